The van der Waals surface area contributed by atoms with E-state index in [1.807, 2.05) is 18.2 Å². The highest BCUT2D eigenvalue weighted by atomic mass is 16.5. The molecule has 2 heterocycles. The number of aromatic nitrogens is 2. The quantitative estimate of drug-likeness (QED) is 0.655. The van der Waals surface area contributed by atoms with Gasteiger partial charge in [-0.2, -0.15) is 0 Å². The van der Waals surface area contributed by atoms with Gasteiger partial charge in [-0.25, -0.2) is 9.78 Å². The Morgan fingerprint density at radius 1 is 1.00 bits per heavy atom. The van der Waals surface area contributed by atoms with E-state index in [1.54, 1.807) is 42.6 Å². The lowest BCUT2D eigenvalue weighted by Crippen LogP contribution is -2.23. The van der Waals surface area contributed by atoms with E-state index >= 15 is 0 Å². The summed E-state index contributed by atoms with van der Waals surface area (Å²) in [6.45, 7) is 0.329. The van der Waals surface area contributed by atoms with Crippen molar-refractivity contribution in [3.05, 3.63) is 83.8 Å². The Morgan fingerprint density at radius 3 is 2.59 bits per heavy atom. The van der Waals surface area contributed by atoms with Crippen LogP contribution in [0.4, 0.5) is 11.5 Å². The second-order valence-corrected chi connectivity index (χ2v) is 5.60. The normalized spacial score (nSPS) is 10.1. The van der Waals surface area contributed by atoms with Crippen molar-refractivity contribution >= 4 is 23.4 Å². The number of pyridine rings is 2. The molecule has 1 aromatic carbocycles. The van der Waals surface area contributed by atoms with E-state index in [0.29, 0.717) is 29.2 Å². The van der Waals surface area contributed by atoms with Crippen LogP contribution in [0.2, 0.25) is 0 Å². The van der Waals surface area contributed by atoms with E-state index in [4.69, 9.17) is 4.74 Å². The first-order valence-corrected chi connectivity index (χ1v) is 8.26. The summed E-state index contributed by atoms with van der Waals surface area (Å²) in [5.74, 6) is -0.258. The van der Waals surface area contributed by atoms with Crippen molar-refractivity contribution in [2.45, 2.75) is 6.54 Å². The van der Waals surface area contributed by atoms with Crippen molar-refractivity contribution in [2.75, 3.05) is 12.4 Å². The smallest absolute Gasteiger partial charge is 0.339 e. The monoisotopic (exact) mass is 362 g/mol. The first-order chi connectivity index (χ1) is 13.2. The molecule has 0 saturated heterocycles. The Kier molecular flexibility index (Phi) is 5.73. The molecule has 0 bridgehead atoms. The Morgan fingerprint density at radius 2 is 1.81 bits per heavy atom. The molecule has 7 nitrogen and oxygen atoms in total. The molecule has 3 rings (SSSR count). The second kappa shape index (κ2) is 8.57. The van der Waals surface area contributed by atoms with E-state index in [2.05, 4.69) is 20.6 Å². The number of carbonyl (C=O) groups excluding carboxylic acids is 2. The van der Waals surface area contributed by atoms with Gasteiger partial charge in [0.1, 0.15) is 5.82 Å². The lowest BCUT2D eigenvalue weighted by molar-refractivity contribution is 0.0601. The molecule has 2 aromatic heterocycles. The molecule has 0 spiro atoms. The van der Waals surface area contributed by atoms with Gasteiger partial charge >= 0.3 is 5.97 Å². The summed E-state index contributed by atoms with van der Waals surface area (Å²) in [4.78, 5) is 32.6. The standard InChI is InChI=1S/C20H18N4O3/c1-27-20(26)16-7-2-3-8-17(16)24-18-12-14(9-11-22-18)19(25)23-13-15-6-4-5-10-21-15/h2-12H,13H2,1H3,(H,22,24)(H,23,25). The third-order valence-corrected chi connectivity index (χ3v) is 3.77. The van der Waals surface area contributed by atoms with Gasteiger partial charge in [-0.15, -0.1) is 0 Å². The van der Waals surface area contributed by atoms with Crippen LogP contribution in [0.1, 0.15) is 26.4 Å². The lowest BCUT2D eigenvalue weighted by atomic mass is 10.1. The van der Waals surface area contributed by atoms with Crippen LogP contribution in [0, 0.1) is 0 Å². The largest absolute Gasteiger partial charge is 0.465 e. The molecule has 3 aromatic rings. The van der Waals surface area contributed by atoms with Crippen LogP contribution in [-0.4, -0.2) is 29.0 Å². The van der Waals surface area contributed by atoms with Gasteiger partial charge in [0.25, 0.3) is 5.91 Å². The number of ether oxygens (including phenoxy) is 1. The SMILES string of the molecule is COC(=O)c1ccccc1Nc1cc(C(=O)NCc2ccccn2)ccn1. The van der Waals surface area contributed by atoms with Crippen LogP contribution in [0.5, 0.6) is 0 Å². The van der Waals surface area contributed by atoms with Gasteiger partial charge < -0.3 is 15.4 Å². The maximum absolute atomic E-state index is 12.4. The molecule has 0 aliphatic rings. The average Bonchev–Trinajstić information content (AvgIpc) is 2.73. The van der Waals surface area contributed by atoms with Crippen molar-refractivity contribution in [3.63, 3.8) is 0 Å². The van der Waals surface area contributed by atoms with Crippen LogP contribution >= 0.6 is 0 Å². The number of anilines is 2. The van der Waals surface area contributed by atoms with Gasteiger partial charge in [0.05, 0.1) is 30.6 Å². The Hall–Kier alpha value is -3.74. The molecule has 1 amide bonds. The molecule has 0 fully saturated rings. The van der Waals surface area contributed by atoms with E-state index in [9.17, 15) is 9.59 Å². The minimum absolute atomic E-state index is 0.243. The Bertz CT molecular complexity index is 945. The van der Waals surface area contributed by atoms with Gasteiger partial charge in [-0.1, -0.05) is 18.2 Å². The summed E-state index contributed by atoms with van der Waals surface area (Å²) in [6.07, 6.45) is 3.20. The number of hydrogen-bond donors (Lipinski definition) is 2. The maximum Gasteiger partial charge on any atom is 0.339 e. The molecule has 0 saturated carbocycles. The van der Waals surface area contributed by atoms with E-state index < -0.39 is 5.97 Å². The minimum atomic E-state index is -0.456. The van der Waals surface area contributed by atoms with Crippen molar-refractivity contribution in [2.24, 2.45) is 0 Å². The van der Waals surface area contributed by atoms with Gasteiger partial charge in [-0.05, 0) is 36.4 Å². The number of methoxy groups -OCH3 is 1. The molecular weight excluding hydrogens is 344 g/mol. The topological polar surface area (TPSA) is 93.2 Å². The van der Waals surface area contributed by atoms with Crippen LogP contribution < -0.4 is 10.6 Å². The summed E-state index contributed by atoms with van der Waals surface area (Å²) >= 11 is 0. The zero-order valence-electron chi connectivity index (χ0n) is 14.7. The molecule has 0 unspecified atom stereocenters. The number of amides is 1. The summed E-state index contributed by atoms with van der Waals surface area (Å²) in [5.41, 5.74) is 2.14. The fourth-order valence-corrected chi connectivity index (χ4v) is 2.43. The van der Waals surface area contributed by atoms with Gasteiger partial charge in [0, 0.05) is 18.0 Å². The van der Waals surface area contributed by atoms with Crippen molar-refractivity contribution in [1.82, 2.24) is 15.3 Å². The third-order valence-electron chi connectivity index (χ3n) is 3.77. The molecular formula is C20H18N4O3. The Labute approximate surface area is 156 Å². The summed E-state index contributed by atoms with van der Waals surface area (Å²) in [6, 6.07) is 15.7. The van der Waals surface area contributed by atoms with Crippen LogP contribution in [0.15, 0.2) is 67.0 Å². The predicted octanol–water partition coefficient (Wildman–Crippen LogP) is 2.94. The second-order valence-electron chi connectivity index (χ2n) is 5.60. The fourth-order valence-electron chi connectivity index (χ4n) is 2.43. The van der Waals surface area contributed by atoms with Gasteiger partial charge in [0.15, 0.2) is 0 Å². The van der Waals surface area contributed by atoms with E-state index in [1.165, 1.54) is 13.3 Å². The number of carbonyl (C=O) groups is 2. The highest BCUT2D eigenvalue weighted by molar-refractivity contribution is 5.97. The predicted molar refractivity (Wildman–Crippen MR) is 101 cm³/mol. The van der Waals surface area contributed by atoms with Crippen molar-refractivity contribution in [1.29, 1.82) is 0 Å². The zero-order chi connectivity index (χ0) is 19.1. The first kappa shape index (κ1) is 18.1. The number of benzene rings is 1. The lowest BCUT2D eigenvalue weighted by Gasteiger charge is -2.11. The zero-order valence-corrected chi connectivity index (χ0v) is 14.7. The number of nitrogens with zero attached hydrogens (tertiary/aromatic N) is 2. The molecule has 136 valence electrons. The third kappa shape index (κ3) is 4.66. The maximum atomic E-state index is 12.4. The molecule has 0 radical (unpaired) electrons. The number of esters is 1. The highest BCUT2D eigenvalue weighted by Gasteiger charge is 2.12. The summed E-state index contributed by atoms with van der Waals surface area (Å²) in [7, 11) is 1.32. The number of nitrogens with one attached hydrogen (secondary N) is 2. The summed E-state index contributed by atoms with van der Waals surface area (Å²) in [5, 5.41) is 5.87. The van der Waals surface area contributed by atoms with Crippen LogP contribution in [-0.2, 0) is 11.3 Å². The van der Waals surface area contributed by atoms with E-state index in [0.717, 1.165) is 5.69 Å². The molecule has 27 heavy (non-hydrogen) atoms. The Balaban J connectivity index is 1.72. The molecule has 0 atom stereocenters. The van der Waals surface area contributed by atoms with Gasteiger partial charge in [0.2, 0.25) is 0 Å². The number of hydrogen-bond acceptors (Lipinski definition) is 6. The molecule has 2 N–H and O–H groups in total. The average molecular weight is 362 g/mol. The number of rotatable bonds is 6. The van der Waals surface area contributed by atoms with E-state index in [-0.39, 0.29) is 5.91 Å². The number of para-hydroxylation sites is 1. The summed E-state index contributed by atoms with van der Waals surface area (Å²) < 4.78 is 4.78. The molecule has 7 heteroatoms. The minimum Gasteiger partial charge on any atom is -0.465 e. The molecule has 0 aliphatic heterocycles. The first-order valence-electron chi connectivity index (χ1n) is 8.26. The van der Waals surface area contributed by atoms with Crippen molar-refractivity contribution < 1.29 is 14.3 Å². The van der Waals surface area contributed by atoms with Crippen LogP contribution in [0.25, 0.3) is 0 Å². The van der Waals surface area contributed by atoms with Crippen molar-refractivity contribution in [3.8, 4) is 0 Å². The van der Waals surface area contributed by atoms with Gasteiger partial charge in [-0.3, -0.25) is 9.78 Å². The highest BCUT2D eigenvalue weighted by Crippen LogP contribution is 2.20. The fraction of sp³-hybridized carbons (Fsp3) is 0.100. The molecule has 0 aliphatic carbocycles. The van der Waals surface area contributed by atoms with Crippen LogP contribution in [0.3, 0.4) is 0 Å².